The Labute approximate surface area is 164 Å². The molecule has 1 amide bonds. The third kappa shape index (κ3) is 4.62. The van der Waals surface area contributed by atoms with Crippen LogP contribution >= 0.6 is 11.8 Å². The molecule has 1 aromatic carbocycles. The van der Waals surface area contributed by atoms with Gasteiger partial charge in [0.2, 0.25) is 11.9 Å². The highest BCUT2D eigenvalue weighted by Gasteiger charge is 2.19. The van der Waals surface area contributed by atoms with Gasteiger partial charge in [-0.2, -0.15) is 0 Å². The van der Waals surface area contributed by atoms with Crippen LogP contribution in [-0.2, 0) is 16.6 Å². The zero-order valence-electron chi connectivity index (χ0n) is 16.4. The second kappa shape index (κ2) is 8.75. The van der Waals surface area contributed by atoms with Gasteiger partial charge in [-0.05, 0) is 24.0 Å². The van der Waals surface area contributed by atoms with Gasteiger partial charge in [0, 0.05) is 25.8 Å². The minimum atomic E-state index is -0.0351. The van der Waals surface area contributed by atoms with Crippen molar-refractivity contribution in [3.63, 3.8) is 0 Å². The number of morpholine rings is 1. The predicted molar refractivity (Wildman–Crippen MR) is 109 cm³/mol. The molecule has 0 saturated carbocycles. The van der Waals surface area contributed by atoms with Gasteiger partial charge in [0.15, 0.2) is 5.16 Å². The highest BCUT2D eigenvalue weighted by Crippen LogP contribution is 2.28. The first-order valence-corrected chi connectivity index (χ1v) is 10.2. The summed E-state index contributed by atoms with van der Waals surface area (Å²) in [5.41, 5.74) is 3.15. The molecule has 1 aliphatic heterocycles. The number of anilines is 2. The fourth-order valence-electron chi connectivity index (χ4n) is 3.12. The summed E-state index contributed by atoms with van der Waals surface area (Å²) in [6.45, 7) is 9.30. The Morgan fingerprint density at radius 1 is 1.30 bits per heavy atom. The molecule has 2 heterocycles. The molecule has 2 aromatic rings. The summed E-state index contributed by atoms with van der Waals surface area (Å²) >= 11 is 1.40. The highest BCUT2D eigenvalue weighted by atomic mass is 32.2. The molecule has 1 aromatic heterocycles. The van der Waals surface area contributed by atoms with Crippen molar-refractivity contribution < 1.29 is 9.53 Å². The van der Waals surface area contributed by atoms with Crippen LogP contribution < -0.4 is 10.2 Å². The van der Waals surface area contributed by atoms with Gasteiger partial charge in [-0.1, -0.05) is 43.8 Å². The molecule has 8 heteroatoms. The Balaban J connectivity index is 1.63. The number of benzene rings is 1. The van der Waals surface area contributed by atoms with Gasteiger partial charge in [-0.15, -0.1) is 10.2 Å². The lowest BCUT2D eigenvalue weighted by Crippen LogP contribution is -2.37. The summed E-state index contributed by atoms with van der Waals surface area (Å²) in [4.78, 5) is 14.7. The largest absolute Gasteiger partial charge is 0.378 e. The van der Waals surface area contributed by atoms with E-state index in [1.165, 1.54) is 11.8 Å². The normalized spacial score (nSPS) is 14.6. The average molecular weight is 390 g/mol. The van der Waals surface area contributed by atoms with E-state index in [0.717, 1.165) is 41.0 Å². The molecule has 0 spiro atoms. The lowest BCUT2D eigenvalue weighted by molar-refractivity contribution is -0.113. The lowest BCUT2D eigenvalue weighted by atomic mass is 9.98. The maximum Gasteiger partial charge on any atom is 0.234 e. The number of thioether (sulfide) groups is 1. The van der Waals surface area contributed by atoms with E-state index in [1.807, 2.05) is 30.7 Å². The van der Waals surface area contributed by atoms with Gasteiger partial charge in [-0.3, -0.25) is 9.36 Å². The summed E-state index contributed by atoms with van der Waals surface area (Å²) in [7, 11) is 1.93. The van der Waals surface area contributed by atoms with Crippen LogP contribution in [0.3, 0.4) is 0 Å². The minimum absolute atomic E-state index is 0.0351. The molecular formula is C19H27N5O2S. The van der Waals surface area contributed by atoms with E-state index in [1.54, 1.807) is 0 Å². The van der Waals surface area contributed by atoms with Crippen molar-refractivity contribution in [2.75, 3.05) is 42.3 Å². The molecule has 0 bridgehead atoms. The van der Waals surface area contributed by atoms with E-state index >= 15 is 0 Å². The van der Waals surface area contributed by atoms with Gasteiger partial charge in [-0.25, -0.2) is 0 Å². The zero-order chi connectivity index (χ0) is 19.4. The number of amides is 1. The van der Waals surface area contributed by atoms with Crippen LogP contribution in [0, 0.1) is 6.92 Å². The summed E-state index contributed by atoms with van der Waals surface area (Å²) in [5.74, 6) is 1.43. The van der Waals surface area contributed by atoms with Crippen molar-refractivity contribution in [3.05, 3.63) is 29.3 Å². The van der Waals surface area contributed by atoms with Gasteiger partial charge in [0.05, 0.1) is 19.0 Å². The standard InChI is InChI=1S/C19H27N5O2S/c1-13(2)15-7-5-6-14(3)17(15)20-16(25)12-27-19-22-21-18(23(19)4)24-8-10-26-11-9-24/h5-7,13H,8-12H2,1-4H3,(H,20,25). The van der Waals surface area contributed by atoms with Crippen LogP contribution in [0.1, 0.15) is 30.9 Å². The van der Waals surface area contributed by atoms with Crippen molar-refractivity contribution in [2.45, 2.75) is 31.8 Å². The molecule has 27 heavy (non-hydrogen) atoms. The van der Waals surface area contributed by atoms with Gasteiger partial charge in [0.1, 0.15) is 0 Å². The number of hydrogen-bond donors (Lipinski definition) is 1. The number of rotatable bonds is 6. The van der Waals surface area contributed by atoms with Crippen LogP contribution in [-0.4, -0.2) is 52.7 Å². The molecule has 1 saturated heterocycles. The Bertz CT molecular complexity index is 799. The number of aromatic nitrogens is 3. The smallest absolute Gasteiger partial charge is 0.234 e. The summed E-state index contributed by atoms with van der Waals surface area (Å²) in [5, 5.41) is 12.3. The lowest BCUT2D eigenvalue weighted by Gasteiger charge is -2.27. The Kier molecular flexibility index (Phi) is 6.38. The molecule has 3 rings (SSSR count). The Hall–Kier alpha value is -2.06. The van der Waals surface area contributed by atoms with Crippen LogP contribution in [0.15, 0.2) is 23.4 Å². The van der Waals surface area contributed by atoms with Crippen LogP contribution in [0.5, 0.6) is 0 Å². The second-order valence-electron chi connectivity index (χ2n) is 6.97. The predicted octanol–water partition coefficient (Wildman–Crippen LogP) is 2.81. The van der Waals surface area contributed by atoms with Crippen LogP contribution in [0.25, 0.3) is 0 Å². The van der Waals surface area contributed by atoms with Gasteiger partial charge >= 0.3 is 0 Å². The maximum atomic E-state index is 12.5. The summed E-state index contributed by atoms with van der Waals surface area (Å²) < 4.78 is 7.32. The molecule has 0 atom stereocenters. The molecule has 1 fully saturated rings. The van der Waals surface area contributed by atoms with Crippen molar-refractivity contribution in [1.82, 2.24) is 14.8 Å². The average Bonchev–Trinajstić information content (AvgIpc) is 3.02. The highest BCUT2D eigenvalue weighted by molar-refractivity contribution is 7.99. The zero-order valence-corrected chi connectivity index (χ0v) is 17.2. The molecule has 0 unspecified atom stereocenters. The van der Waals surface area contributed by atoms with E-state index in [2.05, 4.69) is 40.3 Å². The molecule has 1 aliphatic rings. The molecule has 7 nitrogen and oxygen atoms in total. The van der Waals surface area contributed by atoms with E-state index in [0.29, 0.717) is 24.9 Å². The SMILES string of the molecule is Cc1cccc(C(C)C)c1NC(=O)CSc1nnc(N2CCOCC2)n1C. The number of ether oxygens (including phenoxy) is 1. The second-order valence-corrected chi connectivity index (χ2v) is 7.91. The number of nitrogens with one attached hydrogen (secondary N) is 1. The summed E-state index contributed by atoms with van der Waals surface area (Å²) in [6, 6.07) is 6.12. The molecule has 0 aliphatic carbocycles. The van der Waals surface area contributed by atoms with E-state index < -0.39 is 0 Å². The first kappa shape index (κ1) is 19.7. The third-order valence-electron chi connectivity index (χ3n) is 4.63. The first-order valence-electron chi connectivity index (χ1n) is 9.21. The number of nitrogens with zero attached hydrogens (tertiary/aromatic N) is 4. The molecule has 1 N–H and O–H groups in total. The fraction of sp³-hybridized carbons (Fsp3) is 0.526. The molecular weight excluding hydrogens is 362 g/mol. The number of para-hydroxylation sites is 1. The third-order valence-corrected chi connectivity index (χ3v) is 5.65. The van der Waals surface area contributed by atoms with E-state index in [9.17, 15) is 4.79 Å². The van der Waals surface area contributed by atoms with Gasteiger partial charge < -0.3 is 15.0 Å². The van der Waals surface area contributed by atoms with Crippen molar-refractivity contribution >= 4 is 29.3 Å². The fourth-order valence-corrected chi connectivity index (χ4v) is 3.83. The monoisotopic (exact) mass is 389 g/mol. The minimum Gasteiger partial charge on any atom is -0.378 e. The van der Waals surface area contributed by atoms with Crippen LogP contribution in [0.4, 0.5) is 11.6 Å². The quantitative estimate of drug-likeness (QED) is 0.766. The maximum absolute atomic E-state index is 12.5. The molecule has 146 valence electrons. The van der Waals surface area contributed by atoms with Crippen molar-refractivity contribution in [3.8, 4) is 0 Å². The van der Waals surface area contributed by atoms with E-state index in [4.69, 9.17) is 4.74 Å². The number of aryl methyl sites for hydroxylation is 1. The Morgan fingerprint density at radius 3 is 2.74 bits per heavy atom. The Morgan fingerprint density at radius 2 is 2.04 bits per heavy atom. The topological polar surface area (TPSA) is 72.3 Å². The van der Waals surface area contributed by atoms with E-state index in [-0.39, 0.29) is 5.91 Å². The number of carbonyl (C=O) groups is 1. The van der Waals surface area contributed by atoms with Crippen molar-refractivity contribution in [2.24, 2.45) is 7.05 Å². The van der Waals surface area contributed by atoms with Crippen LogP contribution in [0.2, 0.25) is 0 Å². The first-order chi connectivity index (χ1) is 13.0. The number of hydrogen-bond acceptors (Lipinski definition) is 6. The molecule has 0 radical (unpaired) electrons. The van der Waals surface area contributed by atoms with Gasteiger partial charge in [0.25, 0.3) is 0 Å². The van der Waals surface area contributed by atoms with Crippen molar-refractivity contribution in [1.29, 1.82) is 0 Å². The summed E-state index contributed by atoms with van der Waals surface area (Å²) in [6.07, 6.45) is 0. The number of carbonyl (C=O) groups excluding carboxylic acids is 1.